The third-order valence-electron chi connectivity index (χ3n) is 2.80. The largest absolute Gasteiger partial charge is 0.320 e. The second kappa shape index (κ2) is 6.21. The van der Waals surface area contributed by atoms with Crippen molar-refractivity contribution in [2.75, 3.05) is 11.9 Å². The van der Waals surface area contributed by atoms with Crippen molar-refractivity contribution in [1.82, 2.24) is 0 Å². The van der Waals surface area contributed by atoms with E-state index in [1.807, 2.05) is 24.3 Å². The summed E-state index contributed by atoms with van der Waals surface area (Å²) in [6, 6.07) is 7.42. The number of nitrogens with zero attached hydrogens (tertiary/aromatic N) is 1. The minimum atomic E-state index is -0.511. The summed E-state index contributed by atoms with van der Waals surface area (Å²) in [6.45, 7) is 5.69. The van der Waals surface area contributed by atoms with E-state index in [4.69, 9.17) is 5.73 Å². The van der Waals surface area contributed by atoms with Crippen LogP contribution in [-0.2, 0) is 11.2 Å². The first-order valence-electron chi connectivity index (χ1n) is 5.83. The lowest BCUT2D eigenvalue weighted by Gasteiger charge is -2.21. The van der Waals surface area contributed by atoms with Gasteiger partial charge in [-0.25, -0.2) is 0 Å². The molecule has 0 heterocycles. The minimum absolute atomic E-state index is 0.0888. The molecule has 3 heteroatoms. The van der Waals surface area contributed by atoms with Crippen LogP contribution in [0.4, 0.5) is 5.69 Å². The summed E-state index contributed by atoms with van der Waals surface area (Å²) in [5, 5.41) is 0. The van der Waals surface area contributed by atoms with Gasteiger partial charge in [0.1, 0.15) is 0 Å². The highest BCUT2D eigenvalue weighted by Crippen LogP contribution is 2.15. The predicted octanol–water partition coefficient (Wildman–Crippen LogP) is 2.12. The van der Waals surface area contributed by atoms with Gasteiger partial charge in [0.15, 0.2) is 0 Å². The molecule has 0 aliphatic rings. The number of hydrogen-bond donors (Lipinski definition) is 1. The Morgan fingerprint density at radius 3 is 2.53 bits per heavy atom. The average Bonchev–Trinajstić information content (AvgIpc) is 2.37. The molecule has 0 aliphatic heterocycles. The number of anilines is 1. The summed E-state index contributed by atoms with van der Waals surface area (Å²) in [6.07, 6.45) is 3.15. The first-order chi connectivity index (χ1) is 8.10. The number of rotatable bonds is 5. The number of benzene rings is 1. The Bertz CT molecular complexity index is 384. The van der Waals surface area contributed by atoms with E-state index in [1.54, 1.807) is 18.0 Å². The molecule has 0 aromatic heterocycles. The first kappa shape index (κ1) is 13.5. The standard InChI is InChI=1S/C14H20N2O/c1-4-6-13(15)14(17)16(3)12-9-7-11(5-2)8-10-12/h4,7-10,13H,1,5-6,15H2,2-3H3. The van der Waals surface area contributed by atoms with Crippen molar-refractivity contribution in [3.8, 4) is 0 Å². The van der Waals surface area contributed by atoms with Crippen LogP contribution in [0.1, 0.15) is 18.9 Å². The highest BCUT2D eigenvalue weighted by molar-refractivity contribution is 5.96. The molecule has 0 bridgehead atoms. The molecule has 1 atom stereocenters. The maximum atomic E-state index is 11.9. The Balaban J connectivity index is 2.77. The fourth-order valence-corrected chi connectivity index (χ4v) is 1.61. The summed E-state index contributed by atoms with van der Waals surface area (Å²) in [5.74, 6) is -0.0888. The molecule has 1 unspecified atom stereocenters. The molecule has 17 heavy (non-hydrogen) atoms. The second-order valence-corrected chi connectivity index (χ2v) is 4.05. The first-order valence-corrected chi connectivity index (χ1v) is 5.83. The topological polar surface area (TPSA) is 46.3 Å². The number of hydrogen-bond acceptors (Lipinski definition) is 2. The Morgan fingerprint density at radius 1 is 1.47 bits per heavy atom. The van der Waals surface area contributed by atoms with Crippen molar-refractivity contribution in [3.05, 3.63) is 42.5 Å². The van der Waals surface area contributed by atoms with Gasteiger partial charge in [-0.15, -0.1) is 6.58 Å². The predicted molar refractivity (Wildman–Crippen MR) is 72.0 cm³/mol. The summed E-state index contributed by atoms with van der Waals surface area (Å²) in [5.41, 5.74) is 7.88. The fourth-order valence-electron chi connectivity index (χ4n) is 1.61. The van der Waals surface area contributed by atoms with E-state index in [2.05, 4.69) is 13.5 Å². The molecule has 1 rings (SSSR count). The van der Waals surface area contributed by atoms with Gasteiger partial charge >= 0.3 is 0 Å². The van der Waals surface area contributed by atoms with Crippen LogP contribution in [0.3, 0.4) is 0 Å². The zero-order chi connectivity index (χ0) is 12.8. The molecule has 3 nitrogen and oxygen atoms in total. The monoisotopic (exact) mass is 232 g/mol. The van der Waals surface area contributed by atoms with E-state index in [0.29, 0.717) is 6.42 Å². The molecule has 0 fully saturated rings. The molecule has 1 aromatic carbocycles. The van der Waals surface area contributed by atoms with Crippen LogP contribution >= 0.6 is 0 Å². The molecule has 1 aromatic rings. The lowest BCUT2D eigenvalue weighted by Crippen LogP contribution is -2.41. The third kappa shape index (κ3) is 3.43. The Labute approximate surface area is 103 Å². The van der Waals surface area contributed by atoms with Crippen molar-refractivity contribution in [2.24, 2.45) is 5.73 Å². The molecule has 0 saturated heterocycles. The van der Waals surface area contributed by atoms with Crippen LogP contribution in [-0.4, -0.2) is 19.0 Å². The van der Waals surface area contributed by atoms with Crippen LogP contribution < -0.4 is 10.6 Å². The molecule has 0 saturated carbocycles. The van der Waals surface area contributed by atoms with E-state index >= 15 is 0 Å². The maximum Gasteiger partial charge on any atom is 0.243 e. The fraction of sp³-hybridized carbons (Fsp3) is 0.357. The van der Waals surface area contributed by atoms with Crippen LogP contribution in [0.5, 0.6) is 0 Å². The van der Waals surface area contributed by atoms with Gasteiger partial charge in [-0.2, -0.15) is 0 Å². The molecular weight excluding hydrogens is 212 g/mol. The molecule has 92 valence electrons. The van der Waals surface area contributed by atoms with Gasteiger partial charge in [-0.1, -0.05) is 25.1 Å². The number of nitrogens with two attached hydrogens (primary N) is 1. The summed E-state index contributed by atoms with van der Waals surface area (Å²) in [7, 11) is 1.74. The number of carbonyl (C=O) groups excluding carboxylic acids is 1. The average molecular weight is 232 g/mol. The van der Waals surface area contributed by atoms with Crippen molar-refractivity contribution in [2.45, 2.75) is 25.8 Å². The van der Waals surface area contributed by atoms with Gasteiger partial charge in [-0.3, -0.25) is 4.79 Å². The van der Waals surface area contributed by atoms with Crippen molar-refractivity contribution in [3.63, 3.8) is 0 Å². The highest BCUT2D eigenvalue weighted by Gasteiger charge is 2.17. The number of carbonyl (C=O) groups is 1. The minimum Gasteiger partial charge on any atom is -0.320 e. The van der Waals surface area contributed by atoms with Gasteiger partial charge in [0.05, 0.1) is 6.04 Å². The van der Waals surface area contributed by atoms with Gasteiger partial charge < -0.3 is 10.6 Å². The number of amides is 1. The smallest absolute Gasteiger partial charge is 0.243 e. The lowest BCUT2D eigenvalue weighted by molar-refractivity contribution is -0.119. The molecule has 0 aliphatic carbocycles. The van der Waals surface area contributed by atoms with Gasteiger partial charge in [0.2, 0.25) is 5.91 Å². The van der Waals surface area contributed by atoms with Crippen molar-refractivity contribution in [1.29, 1.82) is 0 Å². The van der Waals surface area contributed by atoms with Crippen LogP contribution in [0, 0.1) is 0 Å². The van der Waals surface area contributed by atoms with E-state index in [1.165, 1.54) is 5.56 Å². The molecule has 2 N–H and O–H groups in total. The molecule has 0 spiro atoms. The normalized spacial score (nSPS) is 11.9. The van der Waals surface area contributed by atoms with E-state index in [9.17, 15) is 4.79 Å². The summed E-state index contributed by atoms with van der Waals surface area (Å²) in [4.78, 5) is 13.5. The Morgan fingerprint density at radius 2 is 2.06 bits per heavy atom. The zero-order valence-corrected chi connectivity index (χ0v) is 10.5. The van der Waals surface area contributed by atoms with E-state index < -0.39 is 6.04 Å². The Kier molecular flexibility index (Phi) is 4.91. The quantitative estimate of drug-likeness (QED) is 0.790. The van der Waals surface area contributed by atoms with Crippen molar-refractivity contribution >= 4 is 11.6 Å². The second-order valence-electron chi connectivity index (χ2n) is 4.05. The number of likely N-dealkylation sites (N-methyl/N-ethyl adjacent to an activating group) is 1. The van der Waals surface area contributed by atoms with Gasteiger partial charge in [-0.05, 0) is 30.5 Å². The third-order valence-corrected chi connectivity index (χ3v) is 2.80. The summed E-state index contributed by atoms with van der Waals surface area (Å²) >= 11 is 0. The Hall–Kier alpha value is -1.61. The maximum absolute atomic E-state index is 11.9. The van der Waals surface area contributed by atoms with Gasteiger partial charge in [0.25, 0.3) is 0 Å². The van der Waals surface area contributed by atoms with Crippen LogP contribution in [0.2, 0.25) is 0 Å². The molecule has 1 amide bonds. The molecule has 0 radical (unpaired) electrons. The number of aryl methyl sites for hydroxylation is 1. The highest BCUT2D eigenvalue weighted by atomic mass is 16.2. The lowest BCUT2D eigenvalue weighted by atomic mass is 10.1. The van der Waals surface area contributed by atoms with E-state index in [-0.39, 0.29) is 5.91 Å². The van der Waals surface area contributed by atoms with Crippen LogP contribution in [0.25, 0.3) is 0 Å². The van der Waals surface area contributed by atoms with E-state index in [0.717, 1.165) is 12.1 Å². The molecular formula is C14H20N2O. The zero-order valence-electron chi connectivity index (χ0n) is 10.5. The van der Waals surface area contributed by atoms with Gasteiger partial charge in [0, 0.05) is 12.7 Å². The SMILES string of the molecule is C=CCC(N)C(=O)N(C)c1ccc(CC)cc1. The van der Waals surface area contributed by atoms with Crippen LogP contribution in [0.15, 0.2) is 36.9 Å². The summed E-state index contributed by atoms with van der Waals surface area (Å²) < 4.78 is 0. The van der Waals surface area contributed by atoms with Crippen molar-refractivity contribution < 1.29 is 4.79 Å².